The van der Waals surface area contributed by atoms with E-state index in [4.69, 9.17) is 33.1 Å². The van der Waals surface area contributed by atoms with Gasteiger partial charge in [-0.1, -0.05) is 6.07 Å². The van der Waals surface area contributed by atoms with Crippen LogP contribution in [-0.2, 0) is 26.3 Å². The van der Waals surface area contributed by atoms with Crippen LogP contribution >= 0.6 is 0 Å². The number of carbonyl (C=O) groups is 2. The first-order chi connectivity index (χ1) is 20.2. The van der Waals surface area contributed by atoms with Crippen molar-refractivity contribution >= 4 is 33.0 Å². The Kier molecular flexibility index (Phi) is 12.0. The maximum atomic E-state index is 13.1. The molecule has 1 aliphatic heterocycles. The van der Waals surface area contributed by atoms with E-state index in [0.717, 1.165) is 42.7 Å². The fourth-order valence-corrected chi connectivity index (χ4v) is 4.67. The van der Waals surface area contributed by atoms with E-state index in [9.17, 15) is 34.8 Å². The Morgan fingerprint density at radius 1 is 0.909 bits per heavy atom. The van der Waals surface area contributed by atoms with E-state index in [1.54, 1.807) is 36.6 Å². The highest BCUT2D eigenvalue weighted by atomic mass is 32.2. The topological polar surface area (TPSA) is 147 Å². The molecule has 2 aromatic carbocycles. The molecule has 0 atom stereocenters. The summed E-state index contributed by atoms with van der Waals surface area (Å²) in [6, 6.07) is 10.2. The summed E-state index contributed by atoms with van der Waals surface area (Å²) < 4.78 is 106. The molecule has 4 rings (SSSR count). The van der Waals surface area contributed by atoms with Gasteiger partial charge in [0.2, 0.25) is 0 Å². The smallest absolute Gasteiger partial charge is 0.490 e. The van der Waals surface area contributed by atoms with Crippen LogP contribution in [0.15, 0.2) is 52.0 Å². The number of halogens is 6. The number of carboxylic acids is 2. The predicted octanol–water partition coefficient (Wildman–Crippen LogP) is 4.53. The third-order valence-corrected chi connectivity index (χ3v) is 7.10. The maximum Gasteiger partial charge on any atom is 0.490 e. The number of carboxylic acid groups (broad SMARTS) is 2. The molecule has 11 nitrogen and oxygen atoms in total. The summed E-state index contributed by atoms with van der Waals surface area (Å²) in [6.45, 7) is 6.30. The van der Waals surface area contributed by atoms with E-state index in [2.05, 4.69) is 16.8 Å². The molecule has 0 spiro atoms. The number of alkyl halides is 6. The van der Waals surface area contributed by atoms with Gasteiger partial charge in [0.25, 0.3) is 0 Å². The molecule has 44 heavy (non-hydrogen) atoms. The van der Waals surface area contributed by atoms with Gasteiger partial charge >= 0.3 is 34.4 Å². The molecule has 3 aromatic rings. The largest absolute Gasteiger partial charge is 0.493 e. The fourth-order valence-electron chi connectivity index (χ4n) is 3.65. The minimum absolute atomic E-state index is 0.101. The van der Waals surface area contributed by atoms with Gasteiger partial charge in [0, 0.05) is 43.7 Å². The van der Waals surface area contributed by atoms with Gasteiger partial charge in [-0.25, -0.2) is 9.59 Å². The SMILES string of the molecule is COc1ccc(C)cc1OS(=O)(=O)c1cc(CN2CCN(C)CC2)c2occc2c1.O=C(O)C(F)(F)F.O=C(O)C(F)(F)F. The van der Waals surface area contributed by atoms with Crippen LogP contribution in [0.5, 0.6) is 11.5 Å². The summed E-state index contributed by atoms with van der Waals surface area (Å²) >= 11 is 0. The van der Waals surface area contributed by atoms with Crippen LogP contribution in [0.3, 0.4) is 0 Å². The second-order valence-corrected chi connectivity index (χ2v) is 10.8. The lowest BCUT2D eigenvalue weighted by molar-refractivity contribution is -0.193. The van der Waals surface area contributed by atoms with Crippen molar-refractivity contribution in [3.8, 4) is 11.5 Å². The van der Waals surface area contributed by atoms with Gasteiger partial charge in [-0.05, 0) is 49.9 Å². The molecule has 0 amide bonds. The van der Waals surface area contributed by atoms with Gasteiger partial charge in [0.1, 0.15) is 10.5 Å². The first-order valence-electron chi connectivity index (χ1n) is 12.3. The lowest BCUT2D eigenvalue weighted by Gasteiger charge is -2.32. The molecule has 2 heterocycles. The Morgan fingerprint density at radius 3 is 1.95 bits per heavy atom. The van der Waals surface area contributed by atoms with E-state index in [1.807, 2.05) is 13.0 Å². The number of fused-ring (bicyclic) bond motifs is 1. The minimum Gasteiger partial charge on any atom is -0.493 e. The maximum absolute atomic E-state index is 13.1. The van der Waals surface area contributed by atoms with E-state index in [0.29, 0.717) is 17.9 Å². The van der Waals surface area contributed by atoms with Crippen LogP contribution in [0.2, 0.25) is 0 Å². The number of hydrogen-bond acceptors (Lipinski definition) is 9. The average Bonchev–Trinajstić information content (AvgIpc) is 3.39. The Bertz CT molecular complexity index is 1520. The molecular formula is C26H28F6N2O9S. The highest BCUT2D eigenvalue weighted by Gasteiger charge is 2.39. The molecule has 2 N–H and O–H groups in total. The van der Waals surface area contributed by atoms with Crippen molar-refractivity contribution in [2.45, 2.75) is 30.7 Å². The van der Waals surface area contributed by atoms with Crippen LogP contribution < -0.4 is 8.92 Å². The van der Waals surface area contributed by atoms with Gasteiger partial charge in [-0.15, -0.1) is 0 Å². The van der Waals surface area contributed by atoms with E-state index < -0.39 is 34.4 Å². The summed E-state index contributed by atoms with van der Waals surface area (Å²) in [7, 11) is -0.467. The normalized spacial score (nSPS) is 14.6. The van der Waals surface area contributed by atoms with Crippen molar-refractivity contribution in [3.63, 3.8) is 0 Å². The quantitative estimate of drug-likeness (QED) is 0.285. The van der Waals surface area contributed by atoms with Crippen molar-refractivity contribution in [1.82, 2.24) is 9.80 Å². The number of rotatable bonds is 6. The number of methoxy groups -OCH3 is 1. The standard InChI is InChI=1S/C22H26N2O5S.2C2HF3O2/c1-16-4-5-20(27-3)21(12-16)29-30(25,26)19-13-17-6-11-28-22(17)18(14-19)15-24-9-7-23(2)8-10-24;2*3-2(4,5)1(6)7/h4-6,11-14H,7-10,15H2,1-3H3;2*(H,6,7). The molecule has 18 heteroatoms. The van der Waals surface area contributed by atoms with Gasteiger partial charge in [0.15, 0.2) is 11.5 Å². The molecule has 1 fully saturated rings. The molecule has 0 radical (unpaired) electrons. The van der Waals surface area contributed by atoms with Crippen LogP contribution in [0.1, 0.15) is 11.1 Å². The fraction of sp³-hybridized carbons (Fsp3) is 0.385. The Morgan fingerprint density at radius 2 is 1.45 bits per heavy atom. The Labute approximate surface area is 247 Å². The number of likely N-dealkylation sites (N-methyl/N-ethyl adjacent to an activating group) is 1. The van der Waals surface area contributed by atoms with Crippen LogP contribution in [0.4, 0.5) is 26.3 Å². The number of aliphatic carboxylic acids is 2. The number of ether oxygens (including phenoxy) is 1. The van der Waals surface area contributed by atoms with Crippen LogP contribution in [0.25, 0.3) is 11.0 Å². The lowest BCUT2D eigenvalue weighted by atomic mass is 10.1. The van der Waals surface area contributed by atoms with Gasteiger partial charge < -0.3 is 28.5 Å². The zero-order valence-corrected chi connectivity index (χ0v) is 24.2. The lowest BCUT2D eigenvalue weighted by Crippen LogP contribution is -2.43. The van der Waals surface area contributed by atoms with Crippen molar-refractivity contribution in [2.75, 3.05) is 40.3 Å². The molecule has 0 unspecified atom stereocenters. The minimum atomic E-state index is -5.08. The second kappa shape index (κ2) is 14.6. The predicted molar refractivity (Wildman–Crippen MR) is 142 cm³/mol. The molecule has 0 aliphatic carbocycles. The van der Waals surface area contributed by atoms with E-state index in [-0.39, 0.29) is 10.6 Å². The molecule has 1 saturated heterocycles. The molecular weight excluding hydrogens is 630 g/mol. The molecule has 0 bridgehead atoms. The Hall–Kier alpha value is -4.03. The number of benzene rings is 2. The van der Waals surface area contributed by atoms with Gasteiger partial charge in [0.05, 0.1) is 13.4 Å². The Balaban J connectivity index is 0.000000402. The first kappa shape index (κ1) is 36.2. The third-order valence-electron chi connectivity index (χ3n) is 5.88. The number of furan rings is 1. The number of nitrogens with zero attached hydrogens (tertiary/aromatic N) is 2. The molecule has 1 aromatic heterocycles. The monoisotopic (exact) mass is 658 g/mol. The van der Waals surface area contributed by atoms with Gasteiger partial charge in [-0.2, -0.15) is 34.8 Å². The van der Waals surface area contributed by atoms with Crippen molar-refractivity contribution in [2.24, 2.45) is 0 Å². The second-order valence-electron chi connectivity index (χ2n) is 9.30. The zero-order chi connectivity index (χ0) is 33.5. The first-order valence-corrected chi connectivity index (χ1v) is 13.8. The van der Waals surface area contributed by atoms with Crippen LogP contribution in [-0.4, -0.2) is 93.1 Å². The highest BCUT2D eigenvalue weighted by molar-refractivity contribution is 7.87. The number of piperazine rings is 1. The molecule has 0 saturated carbocycles. The number of aryl methyl sites for hydroxylation is 1. The highest BCUT2D eigenvalue weighted by Crippen LogP contribution is 2.32. The number of hydrogen-bond donors (Lipinski definition) is 2. The summed E-state index contributed by atoms with van der Waals surface area (Å²) in [5.41, 5.74) is 2.42. The summed E-state index contributed by atoms with van der Waals surface area (Å²) in [5, 5.41) is 15.0. The van der Waals surface area contributed by atoms with Crippen molar-refractivity contribution in [1.29, 1.82) is 0 Å². The zero-order valence-electron chi connectivity index (χ0n) is 23.4. The van der Waals surface area contributed by atoms with Crippen molar-refractivity contribution in [3.05, 3.63) is 53.8 Å². The molecule has 1 aliphatic rings. The third kappa shape index (κ3) is 10.6. The van der Waals surface area contributed by atoms with Gasteiger partial charge in [-0.3, -0.25) is 4.90 Å². The summed E-state index contributed by atoms with van der Waals surface area (Å²) in [5.74, 6) is -4.98. The average molecular weight is 659 g/mol. The molecule has 244 valence electrons. The van der Waals surface area contributed by atoms with Crippen molar-refractivity contribution < 1.29 is 67.9 Å². The summed E-state index contributed by atoms with van der Waals surface area (Å²) in [6.07, 6.45) is -8.58. The summed E-state index contributed by atoms with van der Waals surface area (Å²) in [4.78, 5) is 22.5. The van der Waals surface area contributed by atoms with Crippen LogP contribution in [0, 0.1) is 6.92 Å². The van der Waals surface area contributed by atoms with E-state index in [1.165, 1.54) is 7.11 Å². The van der Waals surface area contributed by atoms with E-state index >= 15 is 0 Å².